The minimum atomic E-state index is 0.856. The molecule has 7 heteroatoms. The second kappa shape index (κ2) is 8.68. The van der Waals surface area contributed by atoms with Crippen LogP contribution < -0.4 is 4.74 Å². The maximum absolute atomic E-state index is 5.22. The molecule has 0 aliphatic rings. The van der Waals surface area contributed by atoms with Gasteiger partial charge in [0, 0.05) is 12.3 Å². The van der Waals surface area contributed by atoms with Crippen LogP contribution in [0.15, 0.2) is 29.4 Å². The summed E-state index contributed by atoms with van der Waals surface area (Å²) in [5.41, 5.74) is 2.27. The number of methoxy groups -OCH3 is 1. The Kier molecular flexibility index (Phi) is 6.32. The second-order valence-corrected chi connectivity index (χ2v) is 8.24. The summed E-state index contributed by atoms with van der Waals surface area (Å²) in [6.45, 7) is 7.21. The largest absolute Gasteiger partial charge is 0.497 e. The van der Waals surface area contributed by atoms with Crippen molar-refractivity contribution in [2.75, 3.05) is 7.11 Å². The van der Waals surface area contributed by atoms with Crippen molar-refractivity contribution >= 4 is 23.1 Å². The highest BCUT2D eigenvalue weighted by atomic mass is 32.2. The summed E-state index contributed by atoms with van der Waals surface area (Å²) in [6.07, 6.45) is 2.25. The molecule has 0 bridgehead atoms. The molecule has 0 fully saturated rings. The quantitative estimate of drug-likeness (QED) is 0.501. The number of hydrogen-bond donors (Lipinski definition) is 0. The Morgan fingerprint density at radius 2 is 1.92 bits per heavy atom. The van der Waals surface area contributed by atoms with E-state index in [0.717, 1.165) is 57.4 Å². The van der Waals surface area contributed by atoms with Crippen LogP contribution in [0, 0.1) is 13.8 Å². The molecule has 2 aromatic heterocycles. The number of ether oxygens (including phenoxy) is 1. The van der Waals surface area contributed by atoms with E-state index in [1.54, 1.807) is 30.2 Å². The predicted octanol–water partition coefficient (Wildman–Crippen LogP) is 5.12. The van der Waals surface area contributed by atoms with Gasteiger partial charge in [0.05, 0.1) is 22.7 Å². The van der Waals surface area contributed by atoms with Gasteiger partial charge in [-0.15, -0.1) is 21.5 Å². The molecule has 3 rings (SSSR count). The van der Waals surface area contributed by atoms with E-state index in [1.165, 1.54) is 5.56 Å². The van der Waals surface area contributed by atoms with Crippen LogP contribution in [0.1, 0.15) is 36.0 Å². The lowest BCUT2D eigenvalue weighted by Crippen LogP contribution is -2.02. The summed E-state index contributed by atoms with van der Waals surface area (Å²) in [5.74, 6) is 2.68. The fraction of sp³-hybridized carbons (Fsp3) is 0.421. The lowest BCUT2D eigenvalue weighted by molar-refractivity contribution is 0.414. The summed E-state index contributed by atoms with van der Waals surface area (Å²) >= 11 is 3.41. The van der Waals surface area contributed by atoms with E-state index in [4.69, 9.17) is 4.74 Å². The number of unbranched alkanes of at least 4 members (excludes halogenated alkanes) is 1. The molecular weight excluding hydrogens is 364 g/mol. The van der Waals surface area contributed by atoms with Crippen LogP contribution in [0.2, 0.25) is 0 Å². The summed E-state index contributed by atoms with van der Waals surface area (Å²) in [4.78, 5) is 5.67. The van der Waals surface area contributed by atoms with Gasteiger partial charge in [-0.2, -0.15) is 0 Å². The first kappa shape index (κ1) is 18.9. The van der Waals surface area contributed by atoms with Crippen LogP contribution in [0.25, 0.3) is 10.7 Å². The number of benzene rings is 1. The summed E-state index contributed by atoms with van der Waals surface area (Å²) in [7, 11) is 1.69. The number of thioether (sulfide) groups is 1. The van der Waals surface area contributed by atoms with E-state index in [-0.39, 0.29) is 0 Å². The van der Waals surface area contributed by atoms with Gasteiger partial charge in [0.2, 0.25) is 0 Å². The lowest BCUT2D eigenvalue weighted by Gasteiger charge is -2.09. The Labute approximate surface area is 162 Å². The molecule has 0 aliphatic heterocycles. The zero-order valence-electron chi connectivity index (χ0n) is 15.7. The number of nitrogens with zero attached hydrogens (tertiary/aromatic N) is 4. The summed E-state index contributed by atoms with van der Waals surface area (Å²) in [6, 6.07) is 8.17. The van der Waals surface area contributed by atoms with Crippen LogP contribution in [-0.4, -0.2) is 26.9 Å². The minimum Gasteiger partial charge on any atom is -0.497 e. The van der Waals surface area contributed by atoms with Gasteiger partial charge in [0.15, 0.2) is 11.0 Å². The molecule has 0 amide bonds. The minimum absolute atomic E-state index is 0.856. The first-order valence-electron chi connectivity index (χ1n) is 8.75. The normalized spacial score (nSPS) is 11.1. The molecule has 138 valence electrons. The van der Waals surface area contributed by atoms with Crippen molar-refractivity contribution in [2.45, 2.75) is 51.1 Å². The van der Waals surface area contributed by atoms with Crippen LogP contribution in [0.3, 0.4) is 0 Å². The average molecular weight is 389 g/mol. The molecule has 0 saturated heterocycles. The molecule has 2 heterocycles. The molecule has 0 spiro atoms. The monoisotopic (exact) mass is 388 g/mol. The Balaban J connectivity index is 1.82. The molecule has 26 heavy (non-hydrogen) atoms. The first-order chi connectivity index (χ1) is 12.6. The maximum Gasteiger partial charge on any atom is 0.191 e. The topological polar surface area (TPSA) is 52.8 Å². The molecule has 0 atom stereocenters. The molecule has 0 N–H and O–H groups in total. The maximum atomic E-state index is 5.22. The lowest BCUT2D eigenvalue weighted by atomic mass is 10.2. The highest BCUT2D eigenvalue weighted by Crippen LogP contribution is 2.32. The highest BCUT2D eigenvalue weighted by Gasteiger charge is 2.18. The Bertz CT molecular complexity index is 855. The van der Waals surface area contributed by atoms with Crippen LogP contribution >= 0.6 is 23.1 Å². The van der Waals surface area contributed by atoms with Crippen molar-refractivity contribution in [3.63, 3.8) is 0 Å². The predicted molar refractivity (Wildman–Crippen MR) is 108 cm³/mol. The van der Waals surface area contributed by atoms with Gasteiger partial charge in [-0.05, 0) is 38.0 Å². The van der Waals surface area contributed by atoms with Gasteiger partial charge < -0.3 is 9.30 Å². The van der Waals surface area contributed by atoms with Crippen molar-refractivity contribution in [3.05, 3.63) is 40.5 Å². The van der Waals surface area contributed by atoms with Gasteiger partial charge in [-0.3, -0.25) is 0 Å². The molecule has 0 radical (unpaired) electrons. The van der Waals surface area contributed by atoms with Crippen molar-refractivity contribution in [1.82, 2.24) is 19.7 Å². The Hall–Kier alpha value is -1.86. The number of aromatic nitrogens is 4. The number of thiazole rings is 1. The van der Waals surface area contributed by atoms with E-state index in [2.05, 4.69) is 38.8 Å². The fourth-order valence-electron chi connectivity index (χ4n) is 2.69. The summed E-state index contributed by atoms with van der Waals surface area (Å²) in [5, 5.41) is 11.0. The van der Waals surface area contributed by atoms with Crippen molar-refractivity contribution in [1.29, 1.82) is 0 Å². The summed E-state index contributed by atoms with van der Waals surface area (Å²) < 4.78 is 7.47. The molecule has 0 aliphatic carbocycles. The fourth-order valence-corrected chi connectivity index (χ4v) is 4.52. The van der Waals surface area contributed by atoms with E-state index >= 15 is 0 Å². The van der Waals surface area contributed by atoms with Crippen LogP contribution in [-0.2, 0) is 12.3 Å². The van der Waals surface area contributed by atoms with Crippen molar-refractivity contribution in [3.8, 4) is 16.5 Å². The molecule has 0 saturated carbocycles. The van der Waals surface area contributed by atoms with E-state index in [9.17, 15) is 0 Å². The number of rotatable bonds is 8. The third kappa shape index (κ3) is 4.27. The SMILES string of the molecule is CCCCn1c(SCc2ccc(OC)cc2)nnc1-c1sc(C)nc1C. The smallest absolute Gasteiger partial charge is 0.191 e. The standard InChI is InChI=1S/C19H24N4OS2/c1-5-6-11-23-18(17-13(2)20-14(3)26-17)21-22-19(23)25-12-15-7-9-16(24-4)10-8-15/h7-10H,5-6,11-12H2,1-4H3. The zero-order valence-corrected chi connectivity index (χ0v) is 17.3. The first-order valence-corrected chi connectivity index (χ1v) is 10.6. The van der Waals surface area contributed by atoms with Crippen LogP contribution in [0.4, 0.5) is 0 Å². The van der Waals surface area contributed by atoms with E-state index in [0.29, 0.717) is 0 Å². The van der Waals surface area contributed by atoms with Gasteiger partial charge in [-0.1, -0.05) is 37.2 Å². The molecule has 5 nitrogen and oxygen atoms in total. The zero-order chi connectivity index (χ0) is 18.5. The molecule has 3 aromatic rings. The van der Waals surface area contributed by atoms with Gasteiger partial charge in [0.1, 0.15) is 5.75 Å². The molecule has 1 aromatic carbocycles. The number of aryl methyl sites for hydroxylation is 2. The van der Waals surface area contributed by atoms with Gasteiger partial charge >= 0.3 is 0 Å². The van der Waals surface area contributed by atoms with Gasteiger partial charge in [-0.25, -0.2) is 4.98 Å². The third-order valence-electron chi connectivity index (χ3n) is 4.09. The Morgan fingerprint density at radius 1 is 1.15 bits per heavy atom. The molecular formula is C19H24N4OS2. The third-order valence-corrected chi connectivity index (χ3v) is 6.19. The van der Waals surface area contributed by atoms with E-state index in [1.807, 2.05) is 26.0 Å². The van der Waals surface area contributed by atoms with Crippen LogP contribution in [0.5, 0.6) is 5.75 Å². The highest BCUT2D eigenvalue weighted by molar-refractivity contribution is 7.98. The average Bonchev–Trinajstić information content (AvgIpc) is 3.20. The second-order valence-electron chi connectivity index (χ2n) is 6.10. The van der Waals surface area contributed by atoms with Gasteiger partial charge in [0.25, 0.3) is 0 Å². The molecule has 0 unspecified atom stereocenters. The van der Waals surface area contributed by atoms with Crippen molar-refractivity contribution < 1.29 is 4.74 Å². The van der Waals surface area contributed by atoms with E-state index < -0.39 is 0 Å². The Morgan fingerprint density at radius 3 is 2.54 bits per heavy atom. The number of hydrogen-bond acceptors (Lipinski definition) is 6. The van der Waals surface area contributed by atoms with Crippen molar-refractivity contribution in [2.24, 2.45) is 0 Å².